The Hall–Kier alpha value is -2.01. The summed E-state index contributed by atoms with van der Waals surface area (Å²) in [6, 6.07) is 8.20. The zero-order valence-corrected chi connectivity index (χ0v) is 20.7. The van der Waals surface area contributed by atoms with Crippen LogP contribution in [0.4, 0.5) is 10.5 Å². The maximum Gasteiger partial charge on any atom is 0.294 e. The van der Waals surface area contributed by atoms with Crippen molar-refractivity contribution in [3.63, 3.8) is 0 Å². The molecule has 0 radical (unpaired) electrons. The summed E-state index contributed by atoms with van der Waals surface area (Å²) >= 11 is 13.4. The molecule has 0 atom stereocenters. The molecule has 1 heterocycles. The molecule has 1 fully saturated rings. The molecule has 1 saturated heterocycles. The second-order valence-electron chi connectivity index (χ2n) is 6.17. The Labute approximate surface area is 204 Å². The number of carbonyl (C=O) groups is 3. The highest BCUT2D eigenvalue weighted by atomic mass is 79.9. The van der Waals surface area contributed by atoms with Gasteiger partial charge in [-0.2, -0.15) is 0 Å². The van der Waals surface area contributed by atoms with Gasteiger partial charge in [0.15, 0.2) is 11.5 Å². The summed E-state index contributed by atoms with van der Waals surface area (Å²) in [5.41, 5.74) is 0.900. The summed E-state index contributed by atoms with van der Waals surface area (Å²) in [4.78, 5) is 38.4. The lowest BCUT2D eigenvalue weighted by molar-refractivity contribution is -0.127. The predicted molar refractivity (Wildman–Crippen MR) is 127 cm³/mol. The Morgan fingerprint density at radius 1 is 1.29 bits per heavy atom. The number of rotatable bonds is 6. The van der Waals surface area contributed by atoms with E-state index in [2.05, 4.69) is 37.2 Å². The summed E-state index contributed by atoms with van der Waals surface area (Å²) in [5.74, 6) is -1.01. The van der Waals surface area contributed by atoms with Crippen LogP contribution in [0, 0.1) is 0 Å². The van der Waals surface area contributed by atoms with E-state index in [1.807, 2.05) is 0 Å². The Bertz CT molecular complexity index is 1110. The van der Waals surface area contributed by atoms with Crippen LogP contribution in [0.1, 0.15) is 12.5 Å². The highest BCUT2D eigenvalue weighted by Crippen LogP contribution is 2.43. The van der Waals surface area contributed by atoms with E-state index >= 15 is 0 Å². The van der Waals surface area contributed by atoms with E-state index in [-0.39, 0.29) is 16.4 Å². The highest BCUT2D eigenvalue weighted by Gasteiger charge is 2.36. The zero-order chi connectivity index (χ0) is 22.7. The van der Waals surface area contributed by atoms with Crippen molar-refractivity contribution in [2.45, 2.75) is 6.92 Å². The number of hydrogen-bond donors (Lipinski definition) is 2. The van der Waals surface area contributed by atoms with E-state index in [1.165, 1.54) is 6.08 Å². The summed E-state index contributed by atoms with van der Waals surface area (Å²) in [7, 11) is 0. The molecule has 3 amide bonds. The Kier molecular flexibility index (Phi) is 7.68. The second-order valence-corrected chi connectivity index (χ2v) is 9.16. The molecule has 3 rings (SSSR count). The second kappa shape index (κ2) is 10.1. The van der Waals surface area contributed by atoms with Crippen LogP contribution in [-0.2, 0) is 9.59 Å². The van der Waals surface area contributed by atoms with Gasteiger partial charge in [0, 0.05) is 4.47 Å². The first-order valence-corrected chi connectivity index (χ1v) is 11.6. The van der Waals surface area contributed by atoms with Gasteiger partial charge < -0.3 is 15.2 Å². The molecule has 2 N–H and O–H groups in total. The van der Waals surface area contributed by atoms with Crippen molar-refractivity contribution in [1.82, 2.24) is 4.90 Å². The summed E-state index contributed by atoms with van der Waals surface area (Å²) in [5, 5.41) is 12.5. The third kappa shape index (κ3) is 5.25. The number of aromatic hydroxyl groups is 1. The number of anilines is 1. The number of amides is 3. The van der Waals surface area contributed by atoms with Crippen molar-refractivity contribution in [3.8, 4) is 11.5 Å². The molecule has 1 aliphatic heterocycles. The molecule has 0 spiro atoms. The van der Waals surface area contributed by atoms with E-state index in [1.54, 1.807) is 37.3 Å². The Balaban J connectivity index is 1.81. The summed E-state index contributed by atoms with van der Waals surface area (Å²) in [6.45, 7) is 1.66. The molecule has 162 valence electrons. The van der Waals surface area contributed by atoms with Crippen molar-refractivity contribution in [3.05, 3.63) is 54.8 Å². The number of ether oxygens (including phenoxy) is 1. The van der Waals surface area contributed by atoms with E-state index in [4.69, 9.17) is 16.3 Å². The Morgan fingerprint density at radius 3 is 2.68 bits per heavy atom. The fraction of sp³-hybridized carbons (Fsp3) is 0.150. The van der Waals surface area contributed by atoms with Gasteiger partial charge in [-0.05, 0) is 80.4 Å². The normalized spacial score (nSPS) is 15.0. The maximum absolute atomic E-state index is 12.8. The van der Waals surface area contributed by atoms with Crippen molar-refractivity contribution < 1.29 is 24.2 Å². The average Bonchev–Trinajstić information content (AvgIpc) is 2.99. The lowest BCUT2D eigenvalue weighted by Gasteiger charge is -2.13. The largest absolute Gasteiger partial charge is 0.503 e. The van der Waals surface area contributed by atoms with Crippen LogP contribution in [-0.4, -0.2) is 40.2 Å². The molecule has 0 aromatic heterocycles. The third-order valence-electron chi connectivity index (χ3n) is 4.08. The van der Waals surface area contributed by atoms with E-state index in [9.17, 15) is 19.5 Å². The number of carbonyl (C=O) groups excluding carboxylic acids is 3. The van der Waals surface area contributed by atoms with E-state index in [0.717, 1.165) is 16.7 Å². The van der Waals surface area contributed by atoms with Crippen LogP contribution in [0.3, 0.4) is 0 Å². The molecule has 11 heteroatoms. The van der Waals surface area contributed by atoms with Gasteiger partial charge in [-0.1, -0.05) is 23.7 Å². The molecule has 1 aliphatic rings. The first-order valence-electron chi connectivity index (χ1n) is 8.86. The molecule has 0 bridgehead atoms. The monoisotopic (exact) mass is 588 g/mol. The first kappa shape index (κ1) is 23.6. The molecule has 31 heavy (non-hydrogen) atoms. The van der Waals surface area contributed by atoms with Gasteiger partial charge in [-0.15, -0.1) is 0 Å². The minimum absolute atomic E-state index is 0.0878. The van der Waals surface area contributed by atoms with Crippen LogP contribution in [0.2, 0.25) is 5.02 Å². The van der Waals surface area contributed by atoms with Crippen LogP contribution >= 0.6 is 55.2 Å². The third-order valence-corrected chi connectivity index (χ3v) is 7.48. The molecule has 2 aromatic carbocycles. The molecule has 0 saturated carbocycles. The van der Waals surface area contributed by atoms with Gasteiger partial charge in [0.2, 0.25) is 5.91 Å². The van der Waals surface area contributed by atoms with Crippen LogP contribution in [0.15, 0.2) is 44.2 Å². The van der Waals surface area contributed by atoms with Gasteiger partial charge in [0.25, 0.3) is 11.1 Å². The van der Waals surface area contributed by atoms with Crippen molar-refractivity contribution >= 4 is 84.0 Å². The number of hydrogen-bond acceptors (Lipinski definition) is 6. The number of phenols is 1. The smallest absolute Gasteiger partial charge is 0.294 e. The van der Waals surface area contributed by atoms with Crippen molar-refractivity contribution in [2.75, 3.05) is 18.5 Å². The van der Waals surface area contributed by atoms with Crippen LogP contribution in [0.25, 0.3) is 6.08 Å². The quantitative estimate of drug-likeness (QED) is 0.423. The summed E-state index contributed by atoms with van der Waals surface area (Å²) < 4.78 is 6.24. The van der Waals surface area contributed by atoms with Gasteiger partial charge in [-0.25, -0.2) is 0 Å². The maximum atomic E-state index is 12.8. The SMILES string of the molecule is CCOc1cc(/C=C2/SC(=O)N(CC(=O)Nc3ccccc3Cl)C2=O)c(Br)c(Br)c1O. The number of phenolic OH excluding ortho intramolecular Hbond substituents is 1. The topological polar surface area (TPSA) is 95.9 Å². The number of imide groups is 1. The minimum atomic E-state index is -0.599. The molecule has 0 unspecified atom stereocenters. The van der Waals surface area contributed by atoms with Gasteiger partial charge in [-0.3, -0.25) is 19.3 Å². The molecular formula is C20H15Br2ClN2O5S. The van der Waals surface area contributed by atoms with Gasteiger partial charge in [0.05, 0.1) is 26.7 Å². The number of halogens is 3. The van der Waals surface area contributed by atoms with Crippen molar-refractivity contribution in [1.29, 1.82) is 0 Å². The fourth-order valence-electron chi connectivity index (χ4n) is 2.66. The number of nitrogens with zero attached hydrogens (tertiary/aromatic N) is 1. The predicted octanol–water partition coefficient (Wildman–Crippen LogP) is 5.64. The van der Waals surface area contributed by atoms with Crippen LogP contribution < -0.4 is 10.1 Å². The number of benzene rings is 2. The fourth-order valence-corrected chi connectivity index (χ4v) is 4.51. The lowest BCUT2D eigenvalue weighted by Crippen LogP contribution is -2.36. The summed E-state index contributed by atoms with van der Waals surface area (Å²) in [6.07, 6.45) is 1.49. The minimum Gasteiger partial charge on any atom is -0.503 e. The highest BCUT2D eigenvalue weighted by molar-refractivity contribution is 9.13. The average molecular weight is 591 g/mol. The van der Waals surface area contributed by atoms with Gasteiger partial charge >= 0.3 is 0 Å². The van der Waals surface area contributed by atoms with E-state index in [0.29, 0.717) is 31.8 Å². The van der Waals surface area contributed by atoms with E-state index < -0.39 is 23.6 Å². The number of thioether (sulfide) groups is 1. The molecule has 7 nitrogen and oxygen atoms in total. The Morgan fingerprint density at radius 2 is 2.00 bits per heavy atom. The van der Waals surface area contributed by atoms with Crippen LogP contribution in [0.5, 0.6) is 11.5 Å². The first-order chi connectivity index (χ1) is 14.7. The standard InChI is InChI=1S/C20H15Br2ClN2O5S/c1-2-30-13-7-10(16(21)17(22)18(13)27)8-14-19(28)25(20(29)31-14)9-15(26)24-12-6-4-3-5-11(12)23/h3-8,27H,2,9H2,1H3,(H,24,26)/b14-8+. The zero-order valence-electron chi connectivity index (χ0n) is 15.9. The molecule has 2 aromatic rings. The van der Waals surface area contributed by atoms with Gasteiger partial charge in [0.1, 0.15) is 6.54 Å². The lowest BCUT2D eigenvalue weighted by atomic mass is 10.2. The molecule has 0 aliphatic carbocycles. The number of para-hydroxylation sites is 1. The van der Waals surface area contributed by atoms with Crippen molar-refractivity contribution in [2.24, 2.45) is 0 Å². The number of nitrogens with one attached hydrogen (secondary N) is 1. The molecular weight excluding hydrogens is 576 g/mol.